The van der Waals surface area contributed by atoms with Crippen LogP contribution in [0.1, 0.15) is 0 Å². The van der Waals surface area contributed by atoms with Gasteiger partial charge in [-0.25, -0.2) is 9.97 Å². The molecule has 0 unspecified atom stereocenters. The van der Waals surface area contributed by atoms with Gasteiger partial charge in [0.1, 0.15) is 11.9 Å². The average Bonchev–Trinajstić information content (AvgIpc) is 3.10. The highest BCUT2D eigenvalue weighted by Crippen LogP contribution is 2.29. The molecule has 3 aromatic heterocycles. The Hall–Kier alpha value is -1.63. The lowest BCUT2D eigenvalue weighted by atomic mass is 10.3. The summed E-state index contributed by atoms with van der Waals surface area (Å²) >= 11 is 6.05. The van der Waals surface area contributed by atoms with Crippen LogP contribution in [0.5, 0.6) is 0 Å². The van der Waals surface area contributed by atoms with Crippen molar-refractivity contribution >= 4 is 30.6 Å². The second-order valence-electron chi connectivity index (χ2n) is 6.74. The molecule has 3 aromatic rings. The summed E-state index contributed by atoms with van der Waals surface area (Å²) in [6.45, 7) is 8.22. The number of rotatable bonds is 6. The number of hydrogen-bond acceptors (Lipinski definition) is 4. The molecule has 122 valence electrons. The van der Waals surface area contributed by atoms with Crippen molar-refractivity contribution < 1.29 is 9.15 Å². The van der Waals surface area contributed by atoms with Gasteiger partial charge in [-0.05, 0) is 18.2 Å². The van der Waals surface area contributed by atoms with Crippen molar-refractivity contribution in [3.05, 3.63) is 36.1 Å². The van der Waals surface area contributed by atoms with Crippen LogP contribution < -0.4 is 0 Å². The van der Waals surface area contributed by atoms with Gasteiger partial charge in [0.15, 0.2) is 12.2 Å². The smallest absolute Gasteiger partial charge is 0.181 e. The highest BCUT2D eigenvalue weighted by Gasteiger charge is 2.15. The molecule has 0 amide bonds. The molecule has 0 saturated heterocycles. The number of hydrogen-bond donors (Lipinski definition) is 0. The van der Waals surface area contributed by atoms with Crippen molar-refractivity contribution in [1.82, 2.24) is 14.5 Å². The van der Waals surface area contributed by atoms with E-state index >= 15 is 0 Å². The van der Waals surface area contributed by atoms with E-state index in [0.29, 0.717) is 17.6 Å². The number of ether oxygens (including phenoxy) is 1. The summed E-state index contributed by atoms with van der Waals surface area (Å²) in [5.74, 6) is 0.700. The molecule has 3 heterocycles. The zero-order chi connectivity index (χ0) is 16.4. The summed E-state index contributed by atoms with van der Waals surface area (Å²) in [4.78, 5) is 8.14. The van der Waals surface area contributed by atoms with E-state index in [2.05, 4.69) is 29.6 Å². The Balaban J connectivity index is 1.89. The Morgan fingerprint density at radius 3 is 2.78 bits per heavy atom. The first-order valence-electron chi connectivity index (χ1n) is 7.55. The molecular weight excluding hydrogens is 330 g/mol. The van der Waals surface area contributed by atoms with Crippen LogP contribution in [0, 0.1) is 0 Å². The van der Waals surface area contributed by atoms with Gasteiger partial charge >= 0.3 is 0 Å². The molecule has 0 atom stereocenters. The van der Waals surface area contributed by atoms with Gasteiger partial charge in [0, 0.05) is 26.3 Å². The zero-order valence-electron chi connectivity index (χ0n) is 13.5. The fourth-order valence-corrected chi connectivity index (χ4v) is 3.26. The molecule has 3 rings (SSSR count). The Morgan fingerprint density at radius 1 is 1.26 bits per heavy atom. The van der Waals surface area contributed by atoms with Crippen molar-refractivity contribution in [3.8, 4) is 11.5 Å². The molecule has 23 heavy (non-hydrogen) atoms. The molecule has 0 aliphatic heterocycles. The number of pyridine rings is 1. The van der Waals surface area contributed by atoms with Gasteiger partial charge in [0.05, 0.1) is 17.4 Å². The normalized spacial score (nSPS) is 12.2. The third-order valence-electron chi connectivity index (χ3n) is 3.65. The van der Waals surface area contributed by atoms with Gasteiger partial charge in [0.25, 0.3) is 0 Å². The Morgan fingerprint density at radius 2 is 2.09 bits per heavy atom. The molecule has 0 aliphatic carbocycles. The van der Waals surface area contributed by atoms with Gasteiger partial charge in [-0.1, -0.05) is 31.2 Å². The Bertz CT molecular complexity index is 794. The van der Waals surface area contributed by atoms with Crippen LogP contribution in [0.4, 0.5) is 0 Å². The molecule has 0 radical (unpaired) electrons. The number of nitrogens with zero attached hydrogens (tertiary/aromatic N) is 3. The number of fused-ring (bicyclic) bond motifs is 1. The van der Waals surface area contributed by atoms with Gasteiger partial charge in [-0.3, -0.25) is 0 Å². The third-order valence-corrected chi connectivity index (χ3v) is 5.56. The zero-order valence-corrected chi connectivity index (χ0v) is 15.3. The van der Waals surface area contributed by atoms with E-state index in [1.165, 1.54) is 6.39 Å². The van der Waals surface area contributed by atoms with Crippen LogP contribution in [0.3, 0.4) is 0 Å². The standard InChI is InChI=1S/C16H20ClN3O2Si/c1-23(2,3)5-4-21-11-20-13-7-16(17)19-8-12(13)6-14(20)15-9-18-10-22-15/h6-10H,4-5,11H2,1-3H3. The maximum atomic E-state index is 6.05. The van der Waals surface area contributed by atoms with E-state index < -0.39 is 8.07 Å². The topological polar surface area (TPSA) is 53.1 Å². The number of halogens is 1. The van der Waals surface area contributed by atoms with Crippen molar-refractivity contribution in [2.45, 2.75) is 32.4 Å². The fourth-order valence-electron chi connectivity index (χ4n) is 2.35. The maximum absolute atomic E-state index is 6.05. The monoisotopic (exact) mass is 349 g/mol. The van der Waals surface area contributed by atoms with Crippen LogP contribution in [-0.4, -0.2) is 29.2 Å². The van der Waals surface area contributed by atoms with Crippen LogP contribution >= 0.6 is 11.6 Å². The lowest BCUT2D eigenvalue weighted by molar-refractivity contribution is 0.0910. The molecule has 0 spiro atoms. The lowest BCUT2D eigenvalue weighted by Crippen LogP contribution is -2.22. The first-order chi connectivity index (χ1) is 10.9. The molecular formula is C16H20ClN3O2Si. The van der Waals surface area contributed by atoms with Crippen LogP contribution in [-0.2, 0) is 11.5 Å². The van der Waals surface area contributed by atoms with E-state index in [1.54, 1.807) is 12.4 Å². The minimum absolute atomic E-state index is 0.449. The molecule has 0 aliphatic rings. The third kappa shape index (κ3) is 3.83. The first kappa shape index (κ1) is 16.2. The lowest BCUT2D eigenvalue weighted by Gasteiger charge is -2.16. The van der Waals surface area contributed by atoms with Gasteiger partial charge in [0.2, 0.25) is 0 Å². The summed E-state index contributed by atoms with van der Waals surface area (Å²) in [6, 6.07) is 4.99. The van der Waals surface area contributed by atoms with Gasteiger partial charge in [-0.15, -0.1) is 0 Å². The average molecular weight is 350 g/mol. The Kier molecular flexibility index (Phi) is 4.56. The van der Waals surface area contributed by atoms with E-state index in [-0.39, 0.29) is 0 Å². The van der Waals surface area contributed by atoms with E-state index in [0.717, 1.165) is 29.2 Å². The van der Waals surface area contributed by atoms with Gasteiger partial charge in [-0.2, -0.15) is 0 Å². The number of oxazole rings is 1. The minimum atomic E-state index is -1.10. The molecule has 0 aromatic carbocycles. The SMILES string of the molecule is C[Si](C)(C)CCOCn1c(-c2cnco2)cc2cnc(Cl)cc21. The largest absolute Gasteiger partial charge is 0.442 e. The quantitative estimate of drug-likeness (QED) is 0.369. The summed E-state index contributed by atoms with van der Waals surface area (Å²) in [5, 5.41) is 1.46. The van der Waals surface area contributed by atoms with E-state index in [9.17, 15) is 0 Å². The molecule has 0 bridgehead atoms. The molecule has 0 N–H and O–H groups in total. The molecule has 0 fully saturated rings. The molecule has 0 saturated carbocycles. The van der Waals surface area contributed by atoms with Crippen molar-refractivity contribution in [2.75, 3.05) is 6.61 Å². The molecule has 5 nitrogen and oxygen atoms in total. The summed E-state index contributed by atoms with van der Waals surface area (Å²) in [6.07, 6.45) is 4.88. The predicted molar refractivity (Wildman–Crippen MR) is 94.3 cm³/mol. The summed E-state index contributed by atoms with van der Waals surface area (Å²) < 4.78 is 13.4. The van der Waals surface area contributed by atoms with Crippen molar-refractivity contribution in [3.63, 3.8) is 0 Å². The van der Waals surface area contributed by atoms with Crippen LogP contribution in [0.25, 0.3) is 22.4 Å². The Labute approximate surface area is 141 Å². The fraction of sp³-hybridized carbons (Fsp3) is 0.375. The number of aromatic nitrogens is 3. The van der Waals surface area contributed by atoms with E-state index in [1.807, 2.05) is 16.7 Å². The summed E-state index contributed by atoms with van der Waals surface area (Å²) in [7, 11) is -1.10. The minimum Gasteiger partial charge on any atom is -0.442 e. The highest BCUT2D eigenvalue weighted by atomic mass is 35.5. The molecule has 7 heteroatoms. The van der Waals surface area contributed by atoms with Crippen LogP contribution in [0.15, 0.2) is 35.3 Å². The van der Waals surface area contributed by atoms with Crippen LogP contribution in [0.2, 0.25) is 30.8 Å². The van der Waals surface area contributed by atoms with Crippen molar-refractivity contribution in [2.24, 2.45) is 0 Å². The second-order valence-corrected chi connectivity index (χ2v) is 12.7. The van der Waals surface area contributed by atoms with Crippen molar-refractivity contribution in [1.29, 1.82) is 0 Å². The van der Waals surface area contributed by atoms with E-state index in [4.69, 9.17) is 20.8 Å². The predicted octanol–water partition coefficient (Wildman–Crippen LogP) is 4.66. The van der Waals surface area contributed by atoms with Gasteiger partial charge < -0.3 is 13.7 Å². The second kappa shape index (κ2) is 6.47. The maximum Gasteiger partial charge on any atom is 0.181 e. The summed E-state index contributed by atoms with van der Waals surface area (Å²) in [5.41, 5.74) is 1.89. The highest BCUT2D eigenvalue weighted by molar-refractivity contribution is 6.76. The first-order valence-corrected chi connectivity index (χ1v) is 11.6.